The Morgan fingerprint density at radius 3 is 2.69 bits per heavy atom. The third-order valence-corrected chi connectivity index (χ3v) is 9.08. The average molecular weight is 507 g/mol. The van der Waals surface area contributed by atoms with E-state index in [4.69, 9.17) is 4.74 Å². The van der Waals surface area contributed by atoms with Crippen molar-refractivity contribution in [3.63, 3.8) is 0 Å². The van der Waals surface area contributed by atoms with Crippen molar-refractivity contribution in [1.29, 1.82) is 0 Å². The predicted octanol–water partition coefficient (Wildman–Crippen LogP) is 1.16. The Bertz CT molecular complexity index is 1220. The van der Waals surface area contributed by atoms with Gasteiger partial charge in [-0.3, -0.25) is 9.36 Å². The van der Waals surface area contributed by atoms with Crippen LogP contribution in [0.15, 0.2) is 23.1 Å². The van der Waals surface area contributed by atoms with Crippen LogP contribution in [0.25, 0.3) is 11.0 Å². The van der Waals surface area contributed by atoms with Crippen LogP contribution in [0.4, 0.5) is 5.95 Å². The van der Waals surface area contributed by atoms with Gasteiger partial charge < -0.3 is 15.2 Å². The van der Waals surface area contributed by atoms with E-state index in [0.29, 0.717) is 63.5 Å². The standard InChI is InChI=1S/C23H34N6O5S/c1-23(31)10-2-5-19(23)29-20(30)7-6-16-14-24-22(27-21(16)29)26-17-8-11-28(12-9-17)35(32,33)25-15-18-4-3-13-34-18/h6-7,14,17-19,25,31H,2-5,8-13,15H2,1H3,(H,24,26,27)/t18-,19?,23-/m1/s1. The van der Waals surface area contributed by atoms with E-state index in [2.05, 4.69) is 20.0 Å². The molecule has 1 saturated carbocycles. The number of ether oxygens (including phenoxy) is 1. The summed E-state index contributed by atoms with van der Waals surface area (Å²) >= 11 is 0. The first kappa shape index (κ1) is 24.6. The minimum Gasteiger partial charge on any atom is -0.388 e. The molecule has 2 aromatic heterocycles. The summed E-state index contributed by atoms with van der Waals surface area (Å²) in [6.45, 7) is 3.55. The van der Waals surface area contributed by atoms with Gasteiger partial charge in [0, 0.05) is 49.9 Å². The molecule has 3 N–H and O–H groups in total. The molecular weight excluding hydrogens is 472 g/mol. The Balaban J connectivity index is 1.26. The number of hydrogen-bond donors (Lipinski definition) is 3. The largest absolute Gasteiger partial charge is 0.388 e. The fourth-order valence-corrected chi connectivity index (χ4v) is 6.74. The molecule has 35 heavy (non-hydrogen) atoms. The van der Waals surface area contributed by atoms with Crippen LogP contribution in [0.2, 0.25) is 0 Å². The molecule has 192 valence electrons. The molecule has 12 heteroatoms. The molecule has 0 aromatic carbocycles. The van der Waals surface area contributed by atoms with Gasteiger partial charge in [-0.15, -0.1) is 0 Å². The number of pyridine rings is 1. The van der Waals surface area contributed by atoms with Gasteiger partial charge in [0.05, 0.1) is 17.7 Å². The van der Waals surface area contributed by atoms with Crippen molar-refractivity contribution < 1.29 is 18.3 Å². The number of nitrogens with zero attached hydrogens (tertiary/aromatic N) is 4. The van der Waals surface area contributed by atoms with Gasteiger partial charge in [-0.2, -0.15) is 22.4 Å². The van der Waals surface area contributed by atoms with E-state index in [1.54, 1.807) is 23.8 Å². The highest BCUT2D eigenvalue weighted by Gasteiger charge is 2.39. The SMILES string of the molecule is C[C@@]1(O)CCCC1n1c(=O)ccc2cnc(NC3CCN(S(=O)(=O)NC[C@H]4CCCO4)CC3)nc21. The minimum atomic E-state index is -3.54. The van der Waals surface area contributed by atoms with Crippen LogP contribution < -0.4 is 15.6 Å². The number of hydrogen-bond acceptors (Lipinski definition) is 8. The first-order valence-electron chi connectivity index (χ1n) is 12.5. The summed E-state index contributed by atoms with van der Waals surface area (Å²) in [5, 5.41) is 14.9. The second-order valence-electron chi connectivity index (χ2n) is 10.1. The second-order valence-corrected chi connectivity index (χ2v) is 11.8. The van der Waals surface area contributed by atoms with Crippen LogP contribution in [0, 0.1) is 0 Å². The van der Waals surface area contributed by atoms with E-state index in [1.807, 2.05) is 0 Å². The molecule has 3 aliphatic rings. The zero-order chi connectivity index (χ0) is 24.6. The summed E-state index contributed by atoms with van der Waals surface area (Å²) in [7, 11) is -3.54. The fraction of sp³-hybridized carbons (Fsp3) is 0.696. The summed E-state index contributed by atoms with van der Waals surface area (Å²) in [5.41, 5.74) is -0.656. The molecule has 3 fully saturated rings. The predicted molar refractivity (Wildman–Crippen MR) is 131 cm³/mol. The van der Waals surface area contributed by atoms with E-state index in [0.717, 1.165) is 24.6 Å². The van der Waals surface area contributed by atoms with Crippen LogP contribution in [0.1, 0.15) is 57.9 Å². The lowest BCUT2D eigenvalue weighted by Gasteiger charge is -2.32. The highest BCUT2D eigenvalue weighted by Crippen LogP contribution is 2.39. The lowest BCUT2D eigenvalue weighted by atomic mass is 10.00. The van der Waals surface area contributed by atoms with Crippen LogP contribution in [-0.4, -0.2) is 76.4 Å². The highest BCUT2D eigenvalue weighted by molar-refractivity contribution is 7.87. The monoisotopic (exact) mass is 506 g/mol. The van der Waals surface area contributed by atoms with Crippen LogP contribution in [-0.2, 0) is 14.9 Å². The maximum absolute atomic E-state index is 12.8. The molecule has 11 nitrogen and oxygen atoms in total. The molecule has 4 heterocycles. The van der Waals surface area contributed by atoms with E-state index in [1.165, 1.54) is 10.4 Å². The van der Waals surface area contributed by atoms with Gasteiger partial charge in [0.2, 0.25) is 5.95 Å². The van der Waals surface area contributed by atoms with Crippen molar-refractivity contribution in [2.75, 3.05) is 31.6 Å². The zero-order valence-electron chi connectivity index (χ0n) is 20.0. The van der Waals surface area contributed by atoms with Crippen molar-refractivity contribution in [3.05, 3.63) is 28.7 Å². The topological polar surface area (TPSA) is 139 Å². The summed E-state index contributed by atoms with van der Waals surface area (Å²) < 4.78 is 36.6. The van der Waals surface area contributed by atoms with E-state index in [-0.39, 0.29) is 23.7 Å². The molecule has 0 bridgehead atoms. The van der Waals surface area contributed by atoms with Gasteiger partial charge in [0.15, 0.2) is 0 Å². The Labute approximate surface area is 205 Å². The maximum atomic E-state index is 12.8. The highest BCUT2D eigenvalue weighted by atomic mass is 32.2. The van der Waals surface area contributed by atoms with Crippen LogP contribution in [0.3, 0.4) is 0 Å². The Morgan fingerprint density at radius 2 is 2.00 bits per heavy atom. The summed E-state index contributed by atoms with van der Waals surface area (Å²) in [4.78, 5) is 21.8. The minimum absolute atomic E-state index is 0.00976. The smallest absolute Gasteiger partial charge is 0.279 e. The maximum Gasteiger partial charge on any atom is 0.279 e. The Hall–Kier alpha value is -2.12. The average Bonchev–Trinajstić information content (AvgIpc) is 3.47. The van der Waals surface area contributed by atoms with Crippen molar-refractivity contribution >= 4 is 27.2 Å². The first-order chi connectivity index (χ1) is 16.7. The molecule has 1 unspecified atom stereocenters. The van der Waals surface area contributed by atoms with Crippen LogP contribution >= 0.6 is 0 Å². The van der Waals surface area contributed by atoms with Crippen molar-refractivity contribution in [2.45, 2.75) is 75.7 Å². The molecule has 0 radical (unpaired) electrons. The normalized spacial score (nSPS) is 28.6. The van der Waals surface area contributed by atoms with Gasteiger partial charge in [-0.05, 0) is 57.9 Å². The number of aromatic nitrogens is 3. The number of fused-ring (bicyclic) bond motifs is 1. The van der Waals surface area contributed by atoms with E-state index in [9.17, 15) is 18.3 Å². The van der Waals surface area contributed by atoms with E-state index < -0.39 is 15.8 Å². The van der Waals surface area contributed by atoms with Gasteiger partial charge in [0.25, 0.3) is 15.8 Å². The summed E-state index contributed by atoms with van der Waals surface area (Å²) in [5.74, 6) is 0.396. The number of rotatable bonds is 7. The number of anilines is 1. The lowest BCUT2D eigenvalue weighted by Crippen LogP contribution is -2.48. The molecule has 5 rings (SSSR count). The van der Waals surface area contributed by atoms with Gasteiger partial charge in [-0.1, -0.05) is 0 Å². The molecule has 0 amide bonds. The molecular formula is C23H34N6O5S. The third kappa shape index (κ3) is 5.21. The first-order valence-corrected chi connectivity index (χ1v) is 13.9. The number of piperidine rings is 1. The Kier molecular flexibility index (Phi) is 6.83. The molecule has 2 aromatic rings. The van der Waals surface area contributed by atoms with E-state index >= 15 is 0 Å². The zero-order valence-corrected chi connectivity index (χ0v) is 20.8. The van der Waals surface area contributed by atoms with Gasteiger partial charge in [-0.25, -0.2) is 4.98 Å². The van der Waals surface area contributed by atoms with Crippen molar-refractivity contribution in [1.82, 2.24) is 23.6 Å². The summed E-state index contributed by atoms with van der Waals surface area (Å²) in [6.07, 6.45) is 6.91. The number of nitrogens with one attached hydrogen (secondary N) is 2. The van der Waals surface area contributed by atoms with Crippen molar-refractivity contribution in [2.24, 2.45) is 0 Å². The third-order valence-electron chi connectivity index (χ3n) is 7.50. The quantitative estimate of drug-likeness (QED) is 0.508. The van der Waals surface area contributed by atoms with Crippen molar-refractivity contribution in [3.8, 4) is 0 Å². The van der Waals surface area contributed by atoms with Gasteiger partial charge >= 0.3 is 0 Å². The number of aliphatic hydroxyl groups is 1. The molecule has 2 aliphatic heterocycles. The molecule has 0 spiro atoms. The second kappa shape index (κ2) is 9.74. The fourth-order valence-electron chi connectivity index (χ4n) is 5.47. The lowest BCUT2D eigenvalue weighted by molar-refractivity contribution is 0.0267. The molecule has 2 saturated heterocycles. The molecule has 3 atom stereocenters. The van der Waals surface area contributed by atoms with Crippen LogP contribution in [0.5, 0.6) is 0 Å². The molecule has 1 aliphatic carbocycles. The Morgan fingerprint density at radius 1 is 1.20 bits per heavy atom. The summed E-state index contributed by atoms with van der Waals surface area (Å²) in [6, 6.07) is 2.87. The van der Waals surface area contributed by atoms with Gasteiger partial charge in [0.1, 0.15) is 5.65 Å².